The Morgan fingerprint density at radius 1 is 0.812 bits per heavy atom. The molecule has 85 valence electrons. The van der Waals surface area contributed by atoms with Crippen molar-refractivity contribution in [3.8, 4) is 0 Å². The van der Waals surface area contributed by atoms with Gasteiger partial charge in [-0.2, -0.15) is 0 Å². The second-order valence-corrected chi connectivity index (χ2v) is 2.64. The number of carboxylic acids is 3. The SMILES string of the molecule is O=C(O)c1cccc(C(=O)O)c1C(=O)O.[Eu]. The van der Waals surface area contributed by atoms with Crippen molar-refractivity contribution in [1.29, 1.82) is 0 Å². The maximum atomic E-state index is 10.7. The molecule has 0 saturated heterocycles. The van der Waals surface area contributed by atoms with Crippen LogP contribution >= 0.6 is 0 Å². The van der Waals surface area contributed by atoms with Crippen LogP contribution in [0.4, 0.5) is 0 Å². The topological polar surface area (TPSA) is 112 Å². The molecule has 0 bridgehead atoms. The Morgan fingerprint density at radius 3 is 1.44 bits per heavy atom. The quantitative estimate of drug-likeness (QED) is 0.733. The smallest absolute Gasteiger partial charge is 0.337 e. The number of aromatic carboxylic acids is 3. The molecule has 0 unspecified atom stereocenters. The third kappa shape index (κ3) is 3.10. The van der Waals surface area contributed by atoms with Gasteiger partial charge in [-0.1, -0.05) is 6.07 Å². The molecule has 7 heteroatoms. The molecule has 0 fully saturated rings. The zero-order chi connectivity index (χ0) is 11.6. The first kappa shape index (κ1) is 15.2. The first-order valence-corrected chi connectivity index (χ1v) is 3.78. The molecule has 0 saturated carbocycles. The van der Waals surface area contributed by atoms with Crippen LogP contribution in [-0.2, 0) is 0 Å². The van der Waals surface area contributed by atoms with E-state index >= 15 is 0 Å². The molecular formula is C9H6EuO6. The van der Waals surface area contributed by atoms with Gasteiger partial charge in [-0.05, 0) is 12.1 Å². The van der Waals surface area contributed by atoms with Crippen molar-refractivity contribution in [2.75, 3.05) is 0 Å². The molecule has 0 spiro atoms. The van der Waals surface area contributed by atoms with Crippen LogP contribution in [0.25, 0.3) is 0 Å². The van der Waals surface area contributed by atoms with Gasteiger partial charge < -0.3 is 15.3 Å². The minimum Gasteiger partial charge on any atom is -0.478 e. The fourth-order valence-corrected chi connectivity index (χ4v) is 1.14. The van der Waals surface area contributed by atoms with Gasteiger partial charge in [0.15, 0.2) is 0 Å². The summed E-state index contributed by atoms with van der Waals surface area (Å²) in [6.07, 6.45) is 0. The largest absolute Gasteiger partial charge is 0.478 e. The van der Waals surface area contributed by atoms with E-state index in [1.807, 2.05) is 0 Å². The van der Waals surface area contributed by atoms with Gasteiger partial charge in [0, 0.05) is 49.4 Å². The van der Waals surface area contributed by atoms with E-state index < -0.39 is 34.6 Å². The Morgan fingerprint density at radius 2 is 1.19 bits per heavy atom. The number of hydrogen-bond acceptors (Lipinski definition) is 3. The Labute approximate surface area is 130 Å². The van der Waals surface area contributed by atoms with Gasteiger partial charge in [-0.15, -0.1) is 0 Å². The van der Waals surface area contributed by atoms with Crippen molar-refractivity contribution >= 4 is 17.9 Å². The van der Waals surface area contributed by atoms with Gasteiger partial charge in [0.05, 0.1) is 16.7 Å². The zero-order valence-electron chi connectivity index (χ0n) is 7.68. The van der Waals surface area contributed by atoms with E-state index in [0.29, 0.717) is 0 Å². The van der Waals surface area contributed by atoms with Crippen molar-refractivity contribution in [1.82, 2.24) is 0 Å². The summed E-state index contributed by atoms with van der Waals surface area (Å²) in [6.45, 7) is 0. The molecule has 0 aromatic heterocycles. The van der Waals surface area contributed by atoms with Crippen LogP contribution in [0.2, 0.25) is 0 Å². The van der Waals surface area contributed by atoms with E-state index in [1.165, 1.54) is 6.07 Å². The number of rotatable bonds is 3. The Kier molecular flexibility index (Phi) is 5.78. The van der Waals surface area contributed by atoms with E-state index in [-0.39, 0.29) is 49.4 Å². The van der Waals surface area contributed by atoms with E-state index in [2.05, 4.69) is 0 Å². The molecule has 6 nitrogen and oxygen atoms in total. The maximum absolute atomic E-state index is 10.7. The number of hydrogen-bond donors (Lipinski definition) is 3. The first-order valence-electron chi connectivity index (χ1n) is 3.78. The summed E-state index contributed by atoms with van der Waals surface area (Å²) in [6, 6.07) is 3.26. The summed E-state index contributed by atoms with van der Waals surface area (Å²) in [5.74, 6) is -4.53. The predicted octanol–water partition coefficient (Wildman–Crippen LogP) is 0.781. The molecule has 3 N–H and O–H groups in total. The Balaban J connectivity index is 0.00000225. The molecular weight excluding hydrogens is 356 g/mol. The predicted molar refractivity (Wildman–Crippen MR) is 47.3 cm³/mol. The molecule has 0 aliphatic heterocycles. The van der Waals surface area contributed by atoms with Crippen LogP contribution in [0.15, 0.2) is 18.2 Å². The van der Waals surface area contributed by atoms with Gasteiger partial charge in [-0.3, -0.25) is 0 Å². The first-order chi connectivity index (χ1) is 6.95. The minimum atomic E-state index is -1.58. The molecule has 0 atom stereocenters. The third-order valence-corrected chi connectivity index (χ3v) is 1.74. The van der Waals surface area contributed by atoms with Crippen LogP contribution < -0.4 is 0 Å². The normalized spacial score (nSPS) is 9.00. The van der Waals surface area contributed by atoms with Crippen LogP contribution in [0.3, 0.4) is 0 Å². The summed E-state index contributed by atoms with van der Waals surface area (Å²) in [4.78, 5) is 32.0. The van der Waals surface area contributed by atoms with E-state index in [0.717, 1.165) is 12.1 Å². The molecule has 1 aromatic rings. The van der Waals surface area contributed by atoms with E-state index in [1.54, 1.807) is 0 Å². The molecule has 1 rings (SSSR count). The molecule has 0 aliphatic rings. The minimum absolute atomic E-state index is 0. The van der Waals surface area contributed by atoms with E-state index in [9.17, 15) is 14.4 Å². The van der Waals surface area contributed by atoms with Crippen LogP contribution in [-0.4, -0.2) is 33.2 Å². The summed E-state index contributed by atoms with van der Waals surface area (Å²) < 4.78 is 0. The molecule has 1 aromatic carbocycles. The fraction of sp³-hybridized carbons (Fsp3) is 0. The maximum Gasteiger partial charge on any atom is 0.337 e. The van der Waals surface area contributed by atoms with Gasteiger partial charge in [-0.25, -0.2) is 14.4 Å². The Bertz CT molecular complexity index is 421. The average molecular weight is 362 g/mol. The monoisotopic (exact) mass is 363 g/mol. The standard InChI is InChI=1S/C9H6O6.Eu/c10-7(11)4-2-1-3-5(8(12)13)6(4)9(14)15;/h1-3H,(H,10,11)(H,12,13)(H,14,15);. The fourth-order valence-electron chi connectivity index (χ4n) is 1.14. The molecule has 1 radical (unpaired) electrons. The Hall–Kier alpha value is -0.786. The number of carbonyl (C=O) groups is 3. The van der Waals surface area contributed by atoms with Gasteiger partial charge >= 0.3 is 17.9 Å². The van der Waals surface area contributed by atoms with Gasteiger partial charge in [0.25, 0.3) is 0 Å². The van der Waals surface area contributed by atoms with Crippen molar-refractivity contribution < 1.29 is 79.1 Å². The van der Waals surface area contributed by atoms with Crippen LogP contribution in [0.1, 0.15) is 31.1 Å². The van der Waals surface area contributed by atoms with Crippen molar-refractivity contribution in [3.63, 3.8) is 0 Å². The van der Waals surface area contributed by atoms with Crippen LogP contribution in [0, 0.1) is 49.4 Å². The number of carboxylic acid groups (broad SMARTS) is 3. The van der Waals surface area contributed by atoms with Gasteiger partial charge in [0.1, 0.15) is 0 Å². The van der Waals surface area contributed by atoms with Gasteiger partial charge in [0.2, 0.25) is 0 Å². The third-order valence-electron chi connectivity index (χ3n) is 1.74. The average Bonchev–Trinajstić information content (AvgIpc) is 2.16. The molecule has 16 heavy (non-hydrogen) atoms. The molecule has 0 aliphatic carbocycles. The molecule has 0 amide bonds. The second-order valence-electron chi connectivity index (χ2n) is 2.64. The summed E-state index contributed by atoms with van der Waals surface area (Å²) in [5.41, 5.74) is -1.79. The van der Waals surface area contributed by atoms with Crippen molar-refractivity contribution in [2.24, 2.45) is 0 Å². The zero-order valence-corrected chi connectivity index (χ0v) is 10.1. The summed E-state index contributed by atoms with van der Waals surface area (Å²) in [7, 11) is 0. The summed E-state index contributed by atoms with van der Waals surface area (Å²) >= 11 is 0. The van der Waals surface area contributed by atoms with E-state index in [4.69, 9.17) is 15.3 Å². The van der Waals surface area contributed by atoms with Crippen LogP contribution in [0.5, 0.6) is 0 Å². The second kappa shape index (κ2) is 6.07. The van der Waals surface area contributed by atoms with Crippen molar-refractivity contribution in [2.45, 2.75) is 0 Å². The number of benzene rings is 1. The van der Waals surface area contributed by atoms with Crippen molar-refractivity contribution in [3.05, 3.63) is 34.9 Å². The summed E-state index contributed by atoms with van der Waals surface area (Å²) in [5, 5.41) is 26.0. The molecule has 0 heterocycles.